The average Bonchev–Trinajstić information content (AvgIpc) is 2.37. The van der Waals surface area contributed by atoms with Crippen LogP contribution in [0.4, 0.5) is 5.82 Å². The van der Waals surface area contributed by atoms with E-state index in [0.717, 1.165) is 6.26 Å². The van der Waals surface area contributed by atoms with Gasteiger partial charge in [-0.25, -0.2) is 13.4 Å². The first-order valence-corrected chi connectivity index (χ1v) is 8.49. The minimum atomic E-state index is -3.34. The Morgan fingerprint density at radius 3 is 2.79 bits per heavy atom. The van der Waals surface area contributed by atoms with E-state index in [1.807, 2.05) is 0 Å². The van der Waals surface area contributed by atoms with Crippen LogP contribution in [0.5, 0.6) is 5.75 Å². The lowest BCUT2D eigenvalue weighted by Gasteiger charge is -2.22. The van der Waals surface area contributed by atoms with E-state index in [1.165, 1.54) is 32.1 Å². The topological polar surface area (TPSA) is 68.3 Å². The highest BCUT2D eigenvalue weighted by Gasteiger charge is 2.16. The quantitative estimate of drug-likeness (QED) is 0.901. The molecule has 0 amide bonds. The number of hydrogen-bond acceptors (Lipinski definition) is 4. The van der Waals surface area contributed by atoms with Crippen LogP contribution in [0.2, 0.25) is 0 Å². The van der Waals surface area contributed by atoms with E-state index in [-0.39, 0.29) is 5.82 Å². The number of rotatable bonds is 5. The molecule has 1 N–H and O–H groups in total. The fourth-order valence-electron chi connectivity index (χ4n) is 2.32. The SMILES string of the molecule is CS(=O)(=O)Nc1ncccc1OCC1CCCCC1. The van der Waals surface area contributed by atoms with E-state index in [9.17, 15) is 8.42 Å². The number of pyridine rings is 1. The van der Waals surface area contributed by atoms with Crippen LogP contribution in [0.1, 0.15) is 32.1 Å². The van der Waals surface area contributed by atoms with Gasteiger partial charge in [0, 0.05) is 6.20 Å². The Morgan fingerprint density at radius 1 is 1.37 bits per heavy atom. The molecule has 1 aromatic heterocycles. The van der Waals surface area contributed by atoms with Gasteiger partial charge in [0.1, 0.15) is 0 Å². The summed E-state index contributed by atoms with van der Waals surface area (Å²) in [5, 5.41) is 0. The number of hydrogen-bond donors (Lipinski definition) is 1. The third-order valence-corrected chi connectivity index (χ3v) is 3.82. The number of nitrogens with zero attached hydrogens (tertiary/aromatic N) is 1. The lowest BCUT2D eigenvalue weighted by Crippen LogP contribution is -2.17. The van der Waals surface area contributed by atoms with Crippen LogP contribution >= 0.6 is 0 Å². The van der Waals surface area contributed by atoms with Crippen LogP contribution in [0.25, 0.3) is 0 Å². The zero-order chi connectivity index (χ0) is 13.7. The standard InChI is InChI=1S/C13H20N2O3S/c1-19(16,17)15-13-12(8-5-9-14-13)18-10-11-6-3-2-4-7-11/h5,8-9,11H,2-4,6-7,10H2,1H3,(H,14,15). The lowest BCUT2D eigenvalue weighted by atomic mass is 9.90. The minimum absolute atomic E-state index is 0.265. The number of aromatic nitrogens is 1. The fourth-order valence-corrected chi connectivity index (χ4v) is 2.83. The summed E-state index contributed by atoms with van der Waals surface area (Å²) in [4.78, 5) is 4.01. The third-order valence-electron chi connectivity index (χ3n) is 3.25. The second-order valence-electron chi connectivity index (χ2n) is 5.04. The summed E-state index contributed by atoms with van der Waals surface area (Å²) in [6, 6.07) is 3.48. The smallest absolute Gasteiger partial charge is 0.231 e. The first-order valence-electron chi connectivity index (χ1n) is 6.60. The van der Waals surface area contributed by atoms with E-state index in [0.29, 0.717) is 18.3 Å². The molecule has 0 saturated heterocycles. The Kier molecular flexibility index (Phi) is 4.63. The van der Waals surface area contributed by atoms with Gasteiger partial charge in [0.25, 0.3) is 0 Å². The van der Waals surface area contributed by atoms with Gasteiger partial charge in [0.2, 0.25) is 10.0 Å². The van der Waals surface area contributed by atoms with Crippen molar-refractivity contribution in [3.8, 4) is 5.75 Å². The molecular formula is C13H20N2O3S. The Hall–Kier alpha value is -1.30. The van der Waals surface area contributed by atoms with Crippen molar-refractivity contribution in [2.45, 2.75) is 32.1 Å². The molecular weight excluding hydrogens is 264 g/mol. The van der Waals surface area contributed by atoms with Crippen LogP contribution in [-0.2, 0) is 10.0 Å². The monoisotopic (exact) mass is 284 g/mol. The number of anilines is 1. The predicted molar refractivity (Wildman–Crippen MR) is 74.8 cm³/mol. The van der Waals surface area contributed by atoms with Crippen LogP contribution in [0.15, 0.2) is 18.3 Å². The van der Waals surface area contributed by atoms with E-state index in [1.54, 1.807) is 18.3 Å². The van der Waals surface area contributed by atoms with Crippen molar-refractivity contribution in [2.24, 2.45) is 5.92 Å². The van der Waals surface area contributed by atoms with Gasteiger partial charge in [-0.3, -0.25) is 4.72 Å². The van der Waals surface area contributed by atoms with Crippen molar-refractivity contribution < 1.29 is 13.2 Å². The molecule has 0 spiro atoms. The highest BCUT2D eigenvalue weighted by molar-refractivity contribution is 7.92. The van der Waals surface area contributed by atoms with Gasteiger partial charge in [-0.1, -0.05) is 19.3 Å². The zero-order valence-corrected chi connectivity index (χ0v) is 11.9. The molecule has 6 heteroatoms. The summed E-state index contributed by atoms with van der Waals surface area (Å²) in [6.07, 6.45) is 8.85. The molecule has 2 rings (SSSR count). The van der Waals surface area contributed by atoms with E-state index < -0.39 is 10.0 Å². The zero-order valence-electron chi connectivity index (χ0n) is 11.1. The largest absolute Gasteiger partial charge is 0.489 e. The van der Waals surface area contributed by atoms with Gasteiger partial charge in [-0.15, -0.1) is 0 Å². The van der Waals surface area contributed by atoms with Crippen molar-refractivity contribution in [1.29, 1.82) is 0 Å². The molecule has 5 nitrogen and oxygen atoms in total. The Morgan fingerprint density at radius 2 is 2.11 bits per heavy atom. The van der Waals surface area contributed by atoms with Crippen molar-refractivity contribution >= 4 is 15.8 Å². The van der Waals surface area contributed by atoms with E-state index in [2.05, 4.69) is 9.71 Å². The van der Waals surface area contributed by atoms with Crippen LogP contribution in [-0.4, -0.2) is 26.3 Å². The molecule has 1 fully saturated rings. The summed E-state index contributed by atoms with van der Waals surface area (Å²) in [7, 11) is -3.34. The molecule has 1 saturated carbocycles. The second-order valence-corrected chi connectivity index (χ2v) is 6.79. The summed E-state index contributed by atoms with van der Waals surface area (Å²) >= 11 is 0. The van der Waals surface area contributed by atoms with E-state index >= 15 is 0 Å². The first-order chi connectivity index (χ1) is 9.04. The van der Waals surface area contributed by atoms with Gasteiger partial charge < -0.3 is 4.74 Å². The maximum atomic E-state index is 11.3. The molecule has 1 aliphatic rings. The molecule has 1 aliphatic carbocycles. The van der Waals surface area contributed by atoms with Crippen molar-refractivity contribution in [2.75, 3.05) is 17.6 Å². The highest BCUT2D eigenvalue weighted by Crippen LogP contribution is 2.27. The first kappa shape index (κ1) is 14.1. The Labute approximate surface area is 114 Å². The molecule has 0 atom stereocenters. The number of nitrogens with one attached hydrogen (secondary N) is 1. The second kappa shape index (κ2) is 6.23. The summed E-state index contributed by atoms with van der Waals surface area (Å²) < 4.78 is 30.6. The molecule has 106 valence electrons. The molecule has 1 aromatic rings. The molecule has 0 aromatic carbocycles. The Bertz CT molecular complexity index is 510. The molecule has 0 radical (unpaired) electrons. The van der Waals surface area contributed by atoms with Crippen molar-refractivity contribution in [1.82, 2.24) is 4.98 Å². The maximum Gasteiger partial charge on any atom is 0.231 e. The van der Waals surface area contributed by atoms with Crippen LogP contribution in [0, 0.1) is 5.92 Å². The number of ether oxygens (including phenoxy) is 1. The summed E-state index contributed by atoms with van der Waals surface area (Å²) in [5.41, 5.74) is 0. The van der Waals surface area contributed by atoms with Gasteiger partial charge >= 0.3 is 0 Å². The fraction of sp³-hybridized carbons (Fsp3) is 0.615. The van der Waals surface area contributed by atoms with Gasteiger partial charge in [-0.2, -0.15) is 0 Å². The molecule has 0 unspecified atom stereocenters. The third kappa shape index (κ3) is 4.70. The summed E-state index contributed by atoms with van der Waals surface area (Å²) in [5.74, 6) is 1.33. The summed E-state index contributed by atoms with van der Waals surface area (Å²) in [6.45, 7) is 0.629. The van der Waals surface area contributed by atoms with Gasteiger partial charge in [-0.05, 0) is 30.9 Å². The van der Waals surface area contributed by atoms with Crippen LogP contribution in [0.3, 0.4) is 0 Å². The maximum absolute atomic E-state index is 11.3. The van der Waals surface area contributed by atoms with E-state index in [4.69, 9.17) is 4.74 Å². The highest BCUT2D eigenvalue weighted by atomic mass is 32.2. The molecule has 19 heavy (non-hydrogen) atoms. The molecule has 0 bridgehead atoms. The predicted octanol–water partition coefficient (Wildman–Crippen LogP) is 2.41. The average molecular weight is 284 g/mol. The van der Waals surface area contributed by atoms with Crippen molar-refractivity contribution in [3.05, 3.63) is 18.3 Å². The minimum Gasteiger partial charge on any atom is -0.489 e. The molecule has 0 aliphatic heterocycles. The van der Waals surface area contributed by atoms with Gasteiger partial charge in [0.15, 0.2) is 11.6 Å². The van der Waals surface area contributed by atoms with Crippen LogP contribution < -0.4 is 9.46 Å². The Balaban J connectivity index is 1.99. The molecule has 1 heterocycles. The number of sulfonamides is 1. The normalized spacial score (nSPS) is 17.1. The van der Waals surface area contributed by atoms with Crippen molar-refractivity contribution in [3.63, 3.8) is 0 Å². The van der Waals surface area contributed by atoms with Gasteiger partial charge in [0.05, 0.1) is 12.9 Å². The lowest BCUT2D eigenvalue weighted by molar-refractivity contribution is 0.209.